The summed E-state index contributed by atoms with van der Waals surface area (Å²) in [5.41, 5.74) is 5.46. The van der Waals surface area contributed by atoms with Crippen molar-refractivity contribution in [3.05, 3.63) is 0 Å². The molecule has 0 saturated heterocycles. The lowest BCUT2D eigenvalue weighted by Gasteiger charge is -2.08. The molecule has 0 radical (unpaired) electrons. The molecule has 0 amide bonds. The number of hydrogen-bond acceptors (Lipinski definition) is 2. The summed E-state index contributed by atoms with van der Waals surface area (Å²) in [6, 6.07) is 0.0153. The van der Waals surface area contributed by atoms with E-state index in [1.54, 1.807) is 0 Å². The van der Waals surface area contributed by atoms with Gasteiger partial charge in [-0.2, -0.15) is 0 Å². The predicted octanol–water partition coefficient (Wildman–Crippen LogP) is 1.34. The van der Waals surface area contributed by atoms with Gasteiger partial charge in [0.2, 0.25) is 0 Å². The van der Waals surface area contributed by atoms with Gasteiger partial charge in [0.05, 0.1) is 0 Å². The first-order valence-electron chi connectivity index (χ1n) is 3.86. The molecular weight excluding hydrogens is 126 g/mol. The molecule has 0 rings (SSSR count). The molecule has 2 N–H and O–H groups in total. The van der Waals surface area contributed by atoms with Crippen LogP contribution in [-0.4, -0.2) is 11.8 Å². The first-order valence-corrected chi connectivity index (χ1v) is 3.86. The second kappa shape index (κ2) is 4.45. The molecule has 0 saturated carbocycles. The van der Waals surface area contributed by atoms with Crippen LogP contribution in [-0.2, 0) is 4.79 Å². The zero-order valence-electron chi connectivity index (χ0n) is 7.05. The molecule has 0 aromatic heterocycles. The smallest absolute Gasteiger partial charge is 0.137 e. The van der Waals surface area contributed by atoms with Crippen LogP contribution in [0.4, 0.5) is 0 Å². The third-order valence-electron chi connectivity index (χ3n) is 1.69. The van der Waals surface area contributed by atoms with Crippen LogP contribution >= 0.6 is 0 Å². The van der Waals surface area contributed by atoms with Crippen LogP contribution in [0.2, 0.25) is 0 Å². The second-order valence-corrected chi connectivity index (χ2v) is 2.96. The minimum Gasteiger partial charge on any atom is -0.328 e. The lowest BCUT2D eigenvalue weighted by Crippen LogP contribution is -2.23. The molecule has 60 valence electrons. The molecule has 0 aromatic carbocycles. The Hall–Kier alpha value is -0.370. The molecule has 0 aliphatic heterocycles. The Bertz CT molecular complexity index is 110. The van der Waals surface area contributed by atoms with E-state index in [0.717, 1.165) is 6.42 Å². The van der Waals surface area contributed by atoms with E-state index in [1.165, 1.54) is 0 Å². The summed E-state index contributed by atoms with van der Waals surface area (Å²) in [7, 11) is 0. The number of carbonyl (C=O) groups excluding carboxylic acids is 1. The molecule has 0 bridgehead atoms. The molecule has 0 spiro atoms. The standard InChI is InChI=1S/C8H17NO/c1-4-6(2)8(10)5-7(3)9/h6-7H,4-5,9H2,1-3H3. The van der Waals surface area contributed by atoms with Gasteiger partial charge < -0.3 is 5.73 Å². The maximum atomic E-state index is 11.1. The topological polar surface area (TPSA) is 43.1 Å². The molecule has 2 heteroatoms. The highest BCUT2D eigenvalue weighted by atomic mass is 16.1. The minimum absolute atomic E-state index is 0.0153. The van der Waals surface area contributed by atoms with E-state index >= 15 is 0 Å². The van der Waals surface area contributed by atoms with Gasteiger partial charge in [0.1, 0.15) is 5.78 Å². The number of hydrogen-bond donors (Lipinski definition) is 1. The summed E-state index contributed by atoms with van der Waals surface area (Å²) in [6.45, 7) is 5.83. The minimum atomic E-state index is 0.0153. The van der Waals surface area contributed by atoms with Crippen LogP contribution in [0.5, 0.6) is 0 Å². The van der Waals surface area contributed by atoms with Gasteiger partial charge in [-0.25, -0.2) is 0 Å². The van der Waals surface area contributed by atoms with Gasteiger partial charge in [0.15, 0.2) is 0 Å². The van der Waals surface area contributed by atoms with Crippen LogP contribution < -0.4 is 5.73 Å². The Labute approximate surface area is 62.8 Å². The highest BCUT2D eigenvalue weighted by molar-refractivity contribution is 5.81. The van der Waals surface area contributed by atoms with Crippen molar-refractivity contribution in [3.8, 4) is 0 Å². The van der Waals surface area contributed by atoms with Crippen LogP contribution in [0.15, 0.2) is 0 Å². The lowest BCUT2D eigenvalue weighted by atomic mass is 9.99. The van der Waals surface area contributed by atoms with Crippen molar-refractivity contribution in [1.29, 1.82) is 0 Å². The largest absolute Gasteiger partial charge is 0.328 e. The Kier molecular flexibility index (Phi) is 4.28. The molecule has 2 atom stereocenters. The number of nitrogens with two attached hydrogens (primary N) is 1. The van der Waals surface area contributed by atoms with Gasteiger partial charge in [-0.3, -0.25) is 4.79 Å². The van der Waals surface area contributed by atoms with E-state index in [4.69, 9.17) is 5.73 Å². The van der Waals surface area contributed by atoms with Crippen molar-refractivity contribution in [2.75, 3.05) is 0 Å². The molecule has 2 nitrogen and oxygen atoms in total. The molecule has 2 unspecified atom stereocenters. The zero-order chi connectivity index (χ0) is 8.15. The average Bonchev–Trinajstić information content (AvgIpc) is 1.85. The van der Waals surface area contributed by atoms with E-state index in [1.807, 2.05) is 20.8 Å². The van der Waals surface area contributed by atoms with Crippen LogP contribution in [0.1, 0.15) is 33.6 Å². The summed E-state index contributed by atoms with van der Waals surface area (Å²) in [4.78, 5) is 11.1. The van der Waals surface area contributed by atoms with E-state index in [9.17, 15) is 4.79 Å². The Morgan fingerprint density at radius 1 is 1.50 bits per heavy atom. The monoisotopic (exact) mass is 143 g/mol. The van der Waals surface area contributed by atoms with Gasteiger partial charge in [-0.1, -0.05) is 13.8 Å². The van der Waals surface area contributed by atoms with Crippen molar-refractivity contribution in [3.63, 3.8) is 0 Å². The first kappa shape index (κ1) is 9.63. The normalized spacial score (nSPS) is 16.4. The molecule has 0 fully saturated rings. The maximum absolute atomic E-state index is 11.1. The van der Waals surface area contributed by atoms with Crippen LogP contribution in [0.3, 0.4) is 0 Å². The van der Waals surface area contributed by atoms with E-state index < -0.39 is 0 Å². The van der Waals surface area contributed by atoms with Crippen molar-refractivity contribution >= 4 is 5.78 Å². The Morgan fingerprint density at radius 3 is 2.30 bits per heavy atom. The predicted molar refractivity (Wildman–Crippen MR) is 42.7 cm³/mol. The quantitative estimate of drug-likeness (QED) is 0.645. The van der Waals surface area contributed by atoms with E-state index in [2.05, 4.69) is 0 Å². The lowest BCUT2D eigenvalue weighted by molar-refractivity contribution is -0.122. The van der Waals surface area contributed by atoms with Gasteiger partial charge >= 0.3 is 0 Å². The summed E-state index contributed by atoms with van der Waals surface area (Å²) >= 11 is 0. The van der Waals surface area contributed by atoms with Crippen LogP contribution in [0, 0.1) is 5.92 Å². The highest BCUT2D eigenvalue weighted by Crippen LogP contribution is 2.05. The third-order valence-corrected chi connectivity index (χ3v) is 1.69. The van der Waals surface area contributed by atoms with Crippen LogP contribution in [0.25, 0.3) is 0 Å². The Balaban J connectivity index is 3.62. The van der Waals surface area contributed by atoms with E-state index in [0.29, 0.717) is 6.42 Å². The number of Topliss-reactive ketones (excluding diaryl/α,β-unsaturated/α-hetero) is 1. The van der Waals surface area contributed by atoms with Gasteiger partial charge in [0, 0.05) is 18.4 Å². The summed E-state index contributed by atoms with van der Waals surface area (Å²) in [5.74, 6) is 0.475. The number of carbonyl (C=O) groups is 1. The fourth-order valence-electron chi connectivity index (χ4n) is 0.746. The first-order chi connectivity index (χ1) is 4.57. The molecule has 0 aromatic rings. The highest BCUT2D eigenvalue weighted by Gasteiger charge is 2.11. The van der Waals surface area contributed by atoms with Crippen molar-refractivity contribution in [2.24, 2.45) is 11.7 Å². The van der Waals surface area contributed by atoms with Gasteiger partial charge in [-0.15, -0.1) is 0 Å². The number of ketones is 1. The maximum Gasteiger partial charge on any atom is 0.137 e. The third kappa shape index (κ3) is 3.62. The second-order valence-electron chi connectivity index (χ2n) is 2.96. The van der Waals surface area contributed by atoms with Gasteiger partial charge in [0.25, 0.3) is 0 Å². The summed E-state index contributed by atoms with van der Waals surface area (Å²) in [6.07, 6.45) is 1.44. The Morgan fingerprint density at radius 2 is 2.00 bits per heavy atom. The fourth-order valence-corrected chi connectivity index (χ4v) is 0.746. The summed E-state index contributed by atoms with van der Waals surface area (Å²) in [5, 5.41) is 0. The van der Waals surface area contributed by atoms with Crippen molar-refractivity contribution < 1.29 is 4.79 Å². The zero-order valence-corrected chi connectivity index (χ0v) is 7.05. The molecule has 0 heterocycles. The molecular formula is C8H17NO. The molecule has 0 aliphatic carbocycles. The van der Waals surface area contributed by atoms with Gasteiger partial charge in [-0.05, 0) is 13.3 Å². The molecule has 10 heavy (non-hydrogen) atoms. The number of rotatable bonds is 4. The molecule has 0 aliphatic rings. The van der Waals surface area contributed by atoms with Crippen molar-refractivity contribution in [1.82, 2.24) is 0 Å². The average molecular weight is 143 g/mol. The van der Waals surface area contributed by atoms with E-state index in [-0.39, 0.29) is 17.7 Å². The SMILES string of the molecule is CCC(C)C(=O)CC(C)N. The summed E-state index contributed by atoms with van der Waals surface area (Å²) < 4.78 is 0. The van der Waals surface area contributed by atoms with Crippen molar-refractivity contribution in [2.45, 2.75) is 39.7 Å². The fraction of sp³-hybridized carbons (Fsp3) is 0.875.